The van der Waals surface area contributed by atoms with Crippen molar-refractivity contribution in [3.63, 3.8) is 0 Å². The Morgan fingerprint density at radius 1 is 0.682 bits per heavy atom. The molecule has 0 bridgehead atoms. The SMILES string of the molecule is CCCCCCCCCCCCCCCCCC/C=C/OC[C@@H](COP(=O)(O)OCCN)OC(=O)CCCCCCCCC. The molecule has 2 atom stereocenters. The van der Waals surface area contributed by atoms with Crippen LogP contribution in [0.25, 0.3) is 0 Å². The molecule has 0 aliphatic rings. The Labute approximate surface area is 271 Å². The summed E-state index contributed by atoms with van der Waals surface area (Å²) in [5.74, 6) is -0.358. The van der Waals surface area contributed by atoms with E-state index in [0.717, 1.165) is 32.1 Å². The maximum absolute atomic E-state index is 12.4. The Morgan fingerprint density at radius 3 is 1.61 bits per heavy atom. The number of carbonyl (C=O) groups is 1. The molecule has 0 saturated heterocycles. The zero-order chi connectivity index (χ0) is 32.4. The molecule has 0 aliphatic heterocycles. The van der Waals surface area contributed by atoms with E-state index in [1.807, 2.05) is 6.08 Å². The molecule has 0 rings (SSSR count). The summed E-state index contributed by atoms with van der Waals surface area (Å²) < 4.78 is 32.9. The van der Waals surface area contributed by atoms with Crippen molar-refractivity contribution in [1.29, 1.82) is 0 Å². The first-order valence-corrected chi connectivity index (χ1v) is 19.7. The van der Waals surface area contributed by atoms with Gasteiger partial charge in [-0.15, -0.1) is 0 Å². The van der Waals surface area contributed by atoms with E-state index in [4.69, 9.17) is 24.3 Å². The van der Waals surface area contributed by atoms with Crippen molar-refractivity contribution in [1.82, 2.24) is 0 Å². The minimum atomic E-state index is -4.27. The van der Waals surface area contributed by atoms with Crippen LogP contribution in [0, 0.1) is 0 Å². The van der Waals surface area contributed by atoms with Crippen LogP contribution in [0.4, 0.5) is 0 Å². The third-order valence-corrected chi connectivity index (χ3v) is 8.76. The molecule has 0 aromatic heterocycles. The molecule has 0 aliphatic carbocycles. The monoisotopic (exact) mass is 647 g/mol. The maximum Gasteiger partial charge on any atom is 0.472 e. The van der Waals surface area contributed by atoms with Gasteiger partial charge in [-0.3, -0.25) is 13.8 Å². The third-order valence-electron chi connectivity index (χ3n) is 7.78. The van der Waals surface area contributed by atoms with E-state index < -0.39 is 13.9 Å². The fourth-order valence-electron chi connectivity index (χ4n) is 5.08. The van der Waals surface area contributed by atoms with Crippen LogP contribution in [0.5, 0.6) is 0 Å². The predicted octanol–water partition coefficient (Wildman–Crippen LogP) is 10.3. The lowest BCUT2D eigenvalue weighted by Gasteiger charge is -2.19. The molecule has 0 fully saturated rings. The van der Waals surface area contributed by atoms with Crippen LogP contribution >= 0.6 is 7.82 Å². The average Bonchev–Trinajstić information content (AvgIpc) is 3.01. The number of esters is 1. The Kier molecular flexibility index (Phi) is 32.7. The second-order valence-corrected chi connectivity index (χ2v) is 13.6. The number of rotatable bonds is 35. The lowest BCUT2D eigenvalue weighted by molar-refractivity contribution is -0.153. The number of hydrogen-bond donors (Lipinski definition) is 2. The molecule has 44 heavy (non-hydrogen) atoms. The third kappa shape index (κ3) is 32.5. The molecule has 1 unspecified atom stereocenters. The number of ether oxygens (including phenoxy) is 2. The first-order chi connectivity index (χ1) is 21.4. The van der Waals surface area contributed by atoms with Crippen molar-refractivity contribution in [2.45, 2.75) is 180 Å². The van der Waals surface area contributed by atoms with Gasteiger partial charge in [-0.05, 0) is 25.3 Å². The number of nitrogens with two attached hydrogens (primary N) is 1. The normalized spacial score (nSPS) is 13.7. The van der Waals surface area contributed by atoms with E-state index in [0.29, 0.717) is 6.42 Å². The summed E-state index contributed by atoms with van der Waals surface area (Å²) in [6.07, 6.45) is 33.4. The Bertz CT molecular complexity index is 692. The minimum Gasteiger partial charge on any atom is -0.498 e. The maximum atomic E-state index is 12.4. The van der Waals surface area contributed by atoms with E-state index >= 15 is 0 Å². The Hall–Kier alpha value is -0.920. The summed E-state index contributed by atoms with van der Waals surface area (Å²) in [5, 5.41) is 0. The van der Waals surface area contributed by atoms with Gasteiger partial charge in [-0.1, -0.05) is 149 Å². The molecular formula is C35H70NO7P. The van der Waals surface area contributed by atoms with Crippen molar-refractivity contribution >= 4 is 13.8 Å². The number of allylic oxidation sites excluding steroid dienone is 1. The topological polar surface area (TPSA) is 117 Å². The highest BCUT2D eigenvalue weighted by atomic mass is 31.2. The lowest BCUT2D eigenvalue weighted by atomic mass is 10.0. The second-order valence-electron chi connectivity index (χ2n) is 12.2. The molecule has 0 saturated carbocycles. The number of unbranched alkanes of at least 4 members (excludes halogenated alkanes) is 22. The van der Waals surface area contributed by atoms with E-state index in [2.05, 4.69) is 13.8 Å². The molecule has 0 aromatic carbocycles. The van der Waals surface area contributed by atoms with Crippen molar-refractivity contribution in [3.05, 3.63) is 12.3 Å². The van der Waals surface area contributed by atoms with Gasteiger partial charge in [0, 0.05) is 13.0 Å². The van der Waals surface area contributed by atoms with Crippen molar-refractivity contribution in [2.75, 3.05) is 26.4 Å². The lowest BCUT2D eigenvalue weighted by Crippen LogP contribution is -2.27. The highest BCUT2D eigenvalue weighted by Crippen LogP contribution is 2.43. The van der Waals surface area contributed by atoms with Crippen LogP contribution < -0.4 is 5.73 Å². The molecule has 262 valence electrons. The van der Waals surface area contributed by atoms with Gasteiger partial charge in [0.2, 0.25) is 0 Å². The van der Waals surface area contributed by atoms with Crippen molar-refractivity contribution in [3.8, 4) is 0 Å². The van der Waals surface area contributed by atoms with Gasteiger partial charge in [0.05, 0.1) is 19.5 Å². The summed E-state index contributed by atoms with van der Waals surface area (Å²) >= 11 is 0. The van der Waals surface area contributed by atoms with Crippen LogP contribution in [0.3, 0.4) is 0 Å². The van der Waals surface area contributed by atoms with Crippen LogP contribution in [-0.4, -0.2) is 43.3 Å². The standard InChI is InChI=1S/C35H70NO7P/c1-3-5-7-9-11-12-13-14-15-16-17-18-19-20-21-23-25-27-30-40-32-34(33-42-44(38,39)41-31-29-36)43-35(37)28-26-24-22-10-8-6-4-2/h27,30,34H,3-26,28-29,31-33,36H2,1-2H3,(H,38,39)/b30-27+/t34-/m0/s1. The highest BCUT2D eigenvalue weighted by molar-refractivity contribution is 7.47. The van der Waals surface area contributed by atoms with Crippen molar-refractivity contribution in [2.24, 2.45) is 5.73 Å². The van der Waals surface area contributed by atoms with Crippen LogP contribution in [-0.2, 0) is 27.9 Å². The molecule has 3 N–H and O–H groups in total. The quantitative estimate of drug-likeness (QED) is 0.0302. The van der Waals surface area contributed by atoms with Gasteiger partial charge >= 0.3 is 13.8 Å². The molecule has 0 aromatic rings. The minimum absolute atomic E-state index is 0.0368. The fourth-order valence-corrected chi connectivity index (χ4v) is 5.84. The Morgan fingerprint density at radius 2 is 1.14 bits per heavy atom. The second kappa shape index (κ2) is 33.4. The number of phosphoric ester groups is 1. The summed E-state index contributed by atoms with van der Waals surface area (Å²) in [5.41, 5.74) is 5.33. The van der Waals surface area contributed by atoms with E-state index in [1.54, 1.807) is 6.26 Å². The number of hydrogen-bond acceptors (Lipinski definition) is 7. The average molecular weight is 648 g/mol. The highest BCUT2D eigenvalue weighted by Gasteiger charge is 2.25. The molecule has 0 heterocycles. The molecule has 9 heteroatoms. The Balaban J connectivity index is 4.01. The summed E-state index contributed by atoms with van der Waals surface area (Å²) in [7, 11) is -4.27. The fraction of sp³-hybridized carbons (Fsp3) is 0.914. The van der Waals surface area contributed by atoms with Gasteiger partial charge in [-0.2, -0.15) is 0 Å². The van der Waals surface area contributed by atoms with E-state index in [-0.39, 0.29) is 32.3 Å². The first-order valence-electron chi connectivity index (χ1n) is 18.2. The molecule has 8 nitrogen and oxygen atoms in total. The molecule has 0 spiro atoms. The predicted molar refractivity (Wildman–Crippen MR) is 183 cm³/mol. The zero-order valence-electron chi connectivity index (χ0n) is 28.7. The molecular weight excluding hydrogens is 577 g/mol. The smallest absolute Gasteiger partial charge is 0.472 e. The largest absolute Gasteiger partial charge is 0.498 e. The van der Waals surface area contributed by atoms with Crippen LogP contribution in [0.1, 0.15) is 174 Å². The first kappa shape index (κ1) is 43.1. The summed E-state index contributed by atoms with van der Waals surface area (Å²) in [6, 6.07) is 0. The van der Waals surface area contributed by atoms with Crippen molar-refractivity contribution < 1.29 is 32.8 Å². The van der Waals surface area contributed by atoms with E-state index in [1.165, 1.54) is 122 Å². The number of carbonyl (C=O) groups excluding carboxylic acids is 1. The van der Waals surface area contributed by atoms with Gasteiger partial charge in [-0.25, -0.2) is 4.57 Å². The molecule has 0 radical (unpaired) electrons. The van der Waals surface area contributed by atoms with Gasteiger partial charge in [0.1, 0.15) is 6.61 Å². The van der Waals surface area contributed by atoms with Gasteiger partial charge in [0.15, 0.2) is 6.10 Å². The van der Waals surface area contributed by atoms with Gasteiger partial charge in [0.25, 0.3) is 0 Å². The van der Waals surface area contributed by atoms with Crippen LogP contribution in [0.2, 0.25) is 0 Å². The number of phosphoric acid groups is 1. The van der Waals surface area contributed by atoms with Crippen LogP contribution in [0.15, 0.2) is 12.3 Å². The van der Waals surface area contributed by atoms with E-state index in [9.17, 15) is 14.3 Å². The summed E-state index contributed by atoms with van der Waals surface area (Å²) in [6.45, 7) is 4.20. The zero-order valence-corrected chi connectivity index (χ0v) is 29.6. The summed E-state index contributed by atoms with van der Waals surface area (Å²) in [4.78, 5) is 22.2. The van der Waals surface area contributed by atoms with Gasteiger partial charge < -0.3 is 20.1 Å². The molecule has 0 amide bonds.